The zero-order valence-corrected chi connectivity index (χ0v) is 16.3. The summed E-state index contributed by atoms with van der Waals surface area (Å²) >= 11 is 1.70. The molecule has 0 bridgehead atoms. The number of rotatable bonds is 7. The van der Waals surface area contributed by atoms with E-state index in [9.17, 15) is 4.79 Å². The van der Waals surface area contributed by atoms with E-state index in [0.29, 0.717) is 13.0 Å². The van der Waals surface area contributed by atoms with Crippen LogP contribution in [0.5, 0.6) is 0 Å². The van der Waals surface area contributed by atoms with Crippen LogP contribution in [0, 0.1) is 0 Å². The van der Waals surface area contributed by atoms with Crippen molar-refractivity contribution in [2.45, 2.75) is 25.9 Å². The first kappa shape index (κ1) is 18.4. The summed E-state index contributed by atoms with van der Waals surface area (Å²) in [5.41, 5.74) is 4.37. The lowest BCUT2D eigenvalue weighted by Gasteiger charge is -2.06. The second kappa shape index (κ2) is 8.81. The smallest absolute Gasteiger partial charge is 0.306 e. The van der Waals surface area contributed by atoms with E-state index in [-0.39, 0.29) is 5.97 Å². The van der Waals surface area contributed by atoms with Crippen molar-refractivity contribution in [3.8, 4) is 11.1 Å². The Balaban J connectivity index is 1.23. The van der Waals surface area contributed by atoms with Gasteiger partial charge >= 0.3 is 5.97 Å². The molecule has 4 aromatic rings. The predicted molar refractivity (Wildman–Crippen MR) is 114 cm³/mol. The van der Waals surface area contributed by atoms with Gasteiger partial charge in [0.1, 0.15) is 6.61 Å². The largest absolute Gasteiger partial charge is 0.461 e. The Kier molecular flexibility index (Phi) is 5.78. The summed E-state index contributed by atoms with van der Waals surface area (Å²) in [6.07, 6.45) is 1.98. The SMILES string of the molecule is O=C(CCCc1nc2ccccc2s1)OCc1ccc(-c2ccccc2)cc1. The number of aryl methyl sites for hydroxylation is 1. The van der Waals surface area contributed by atoms with Crippen molar-refractivity contribution < 1.29 is 9.53 Å². The normalized spacial score (nSPS) is 10.9. The quantitative estimate of drug-likeness (QED) is 0.364. The first-order valence-corrected chi connectivity index (χ1v) is 10.2. The average Bonchev–Trinajstić information content (AvgIpc) is 3.16. The molecule has 0 spiro atoms. The van der Waals surface area contributed by atoms with Gasteiger partial charge in [-0.05, 0) is 41.7 Å². The van der Waals surface area contributed by atoms with Crippen molar-refractivity contribution in [2.75, 3.05) is 0 Å². The lowest BCUT2D eigenvalue weighted by molar-refractivity contribution is -0.145. The number of aromatic nitrogens is 1. The van der Waals surface area contributed by atoms with Crippen LogP contribution < -0.4 is 0 Å². The van der Waals surface area contributed by atoms with Crippen molar-refractivity contribution in [3.05, 3.63) is 89.4 Å². The van der Waals surface area contributed by atoms with Gasteiger partial charge in [0.15, 0.2) is 0 Å². The Morgan fingerprint density at radius 3 is 2.36 bits per heavy atom. The summed E-state index contributed by atoms with van der Waals surface area (Å²) in [5, 5.41) is 1.07. The molecule has 0 aliphatic heterocycles. The molecule has 0 atom stereocenters. The van der Waals surface area contributed by atoms with Crippen LogP contribution in [-0.4, -0.2) is 11.0 Å². The Morgan fingerprint density at radius 1 is 0.857 bits per heavy atom. The zero-order valence-electron chi connectivity index (χ0n) is 15.5. The van der Waals surface area contributed by atoms with Gasteiger partial charge in [-0.25, -0.2) is 4.98 Å². The van der Waals surface area contributed by atoms with Gasteiger partial charge in [-0.15, -0.1) is 11.3 Å². The van der Waals surface area contributed by atoms with E-state index >= 15 is 0 Å². The predicted octanol–water partition coefficient (Wildman–Crippen LogP) is 6.03. The lowest BCUT2D eigenvalue weighted by atomic mass is 10.0. The third-order valence-corrected chi connectivity index (χ3v) is 5.67. The molecule has 1 aromatic heterocycles. The van der Waals surface area contributed by atoms with Gasteiger partial charge in [0.2, 0.25) is 0 Å². The van der Waals surface area contributed by atoms with Crippen molar-refractivity contribution in [1.29, 1.82) is 0 Å². The Labute approximate surface area is 168 Å². The average molecular weight is 388 g/mol. The highest BCUT2D eigenvalue weighted by Crippen LogP contribution is 2.23. The molecule has 0 aliphatic carbocycles. The number of fused-ring (bicyclic) bond motifs is 1. The van der Waals surface area contributed by atoms with Gasteiger partial charge in [0.05, 0.1) is 15.2 Å². The molecule has 0 N–H and O–H groups in total. The molecule has 3 aromatic carbocycles. The molecule has 0 saturated heterocycles. The van der Waals surface area contributed by atoms with Crippen LogP contribution in [0.25, 0.3) is 21.3 Å². The van der Waals surface area contributed by atoms with Crippen LogP contribution in [0.2, 0.25) is 0 Å². The van der Waals surface area contributed by atoms with E-state index in [0.717, 1.165) is 34.5 Å². The van der Waals surface area contributed by atoms with Crippen molar-refractivity contribution in [1.82, 2.24) is 4.98 Å². The number of hydrogen-bond donors (Lipinski definition) is 0. The summed E-state index contributed by atoms with van der Waals surface area (Å²) < 4.78 is 6.61. The third-order valence-electron chi connectivity index (χ3n) is 4.57. The van der Waals surface area contributed by atoms with Gasteiger partial charge in [-0.1, -0.05) is 66.7 Å². The Hall–Kier alpha value is -2.98. The lowest BCUT2D eigenvalue weighted by Crippen LogP contribution is -2.05. The molecular formula is C24H21NO2S. The minimum Gasteiger partial charge on any atom is -0.461 e. The Bertz CT molecular complexity index is 1020. The number of para-hydroxylation sites is 1. The van der Waals surface area contributed by atoms with E-state index in [4.69, 9.17) is 4.74 Å². The first-order valence-electron chi connectivity index (χ1n) is 9.42. The number of thiazole rings is 1. The van der Waals surface area contributed by atoms with Crippen molar-refractivity contribution in [3.63, 3.8) is 0 Å². The molecule has 0 fully saturated rings. The maximum absolute atomic E-state index is 12.0. The van der Waals surface area contributed by atoms with Crippen LogP contribution in [0.1, 0.15) is 23.4 Å². The second-order valence-electron chi connectivity index (χ2n) is 6.65. The van der Waals surface area contributed by atoms with Crippen molar-refractivity contribution in [2.24, 2.45) is 0 Å². The highest BCUT2D eigenvalue weighted by Gasteiger charge is 2.07. The summed E-state index contributed by atoms with van der Waals surface area (Å²) in [5.74, 6) is -0.159. The molecule has 0 unspecified atom stereocenters. The van der Waals surface area contributed by atoms with Crippen molar-refractivity contribution >= 4 is 27.5 Å². The third kappa shape index (κ3) is 4.65. The van der Waals surface area contributed by atoms with Crippen LogP contribution in [-0.2, 0) is 22.6 Å². The van der Waals surface area contributed by atoms with Gasteiger partial charge in [0, 0.05) is 6.42 Å². The maximum Gasteiger partial charge on any atom is 0.306 e. The number of nitrogens with zero attached hydrogens (tertiary/aromatic N) is 1. The summed E-state index contributed by atoms with van der Waals surface area (Å²) in [6.45, 7) is 0.315. The number of hydrogen-bond acceptors (Lipinski definition) is 4. The molecule has 4 rings (SSSR count). The fourth-order valence-corrected chi connectivity index (χ4v) is 4.08. The molecule has 0 aliphatic rings. The van der Waals surface area contributed by atoms with Crippen LogP contribution in [0.4, 0.5) is 0 Å². The van der Waals surface area contributed by atoms with E-state index in [1.807, 2.05) is 48.5 Å². The summed E-state index contributed by atoms with van der Waals surface area (Å²) in [4.78, 5) is 16.6. The number of carbonyl (C=O) groups is 1. The Morgan fingerprint density at radius 2 is 1.57 bits per heavy atom. The van der Waals surface area contributed by atoms with Gasteiger partial charge in [-0.3, -0.25) is 4.79 Å². The standard InChI is InChI=1S/C24H21NO2S/c26-24(12-6-11-23-25-21-9-4-5-10-22(21)28-23)27-17-18-13-15-20(16-14-18)19-7-2-1-3-8-19/h1-5,7-10,13-16H,6,11-12,17H2. The molecule has 0 saturated carbocycles. The second-order valence-corrected chi connectivity index (χ2v) is 7.77. The van der Waals surface area contributed by atoms with Gasteiger partial charge in [0.25, 0.3) is 0 Å². The van der Waals surface area contributed by atoms with E-state index in [2.05, 4.69) is 35.3 Å². The summed E-state index contributed by atoms with van der Waals surface area (Å²) in [6, 6.07) is 26.5. The molecule has 28 heavy (non-hydrogen) atoms. The van der Waals surface area contributed by atoms with Gasteiger partial charge < -0.3 is 4.74 Å². The molecule has 3 nitrogen and oxygen atoms in total. The molecule has 0 amide bonds. The number of ether oxygens (including phenoxy) is 1. The van der Waals surface area contributed by atoms with E-state index in [1.165, 1.54) is 10.3 Å². The zero-order chi connectivity index (χ0) is 19.2. The van der Waals surface area contributed by atoms with Gasteiger partial charge in [-0.2, -0.15) is 0 Å². The summed E-state index contributed by atoms with van der Waals surface area (Å²) in [7, 11) is 0. The van der Waals surface area contributed by atoms with E-state index < -0.39 is 0 Å². The molecule has 0 radical (unpaired) electrons. The maximum atomic E-state index is 12.0. The molecule has 140 valence electrons. The topological polar surface area (TPSA) is 39.2 Å². The van der Waals surface area contributed by atoms with E-state index in [1.54, 1.807) is 11.3 Å². The minimum atomic E-state index is -0.159. The highest BCUT2D eigenvalue weighted by molar-refractivity contribution is 7.18. The minimum absolute atomic E-state index is 0.159. The molecule has 1 heterocycles. The highest BCUT2D eigenvalue weighted by atomic mass is 32.1. The van der Waals surface area contributed by atoms with Crippen LogP contribution >= 0.6 is 11.3 Å². The number of carbonyl (C=O) groups excluding carboxylic acids is 1. The molecular weight excluding hydrogens is 366 g/mol. The van der Waals surface area contributed by atoms with Crippen LogP contribution in [0.3, 0.4) is 0 Å². The van der Waals surface area contributed by atoms with Crippen LogP contribution in [0.15, 0.2) is 78.9 Å². The fraction of sp³-hybridized carbons (Fsp3) is 0.167. The number of benzene rings is 3. The fourth-order valence-electron chi connectivity index (χ4n) is 3.07. The number of esters is 1. The monoisotopic (exact) mass is 387 g/mol. The first-order chi connectivity index (χ1) is 13.8. The molecule has 4 heteroatoms.